The van der Waals surface area contributed by atoms with E-state index >= 15 is 0 Å². The molecule has 0 aliphatic carbocycles. The Hall–Kier alpha value is -2.87. The second-order valence-corrected chi connectivity index (χ2v) is 9.22. The predicted octanol–water partition coefficient (Wildman–Crippen LogP) is 3.78. The maximum atomic E-state index is 12.9. The summed E-state index contributed by atoms with van der Waals surface area (Å²) in [7, 11) is -3.90. The van der Waals surface area contributed by atoms with Crippen molar-refractivity contribution in [3.8, 4) is 6.07 Å². The molecule has 0 radical (unpaired) electrons. The van der Waals surface area contributed by atoms with Crippen LogP contribution >= 0.6 is 11.6 Å². The fourth-order valence-electron chi connectivity index (χ4n) is 3.19. The normalized spacial score (nSPS) is 15.7. The summed E-state index contributed by atoms with van der Waals surface area (Å²) in [6.45, 7) is 0.221. The highest BCUT2D eigenvalue weighted by Gasteiger charge is 2.32. The molecule has 6 nitrogen and oxygen atoms in total. The molecule has 1 aliphatic rings. The van der Waals surface area contributed by atoms with E-state index in [4.69, 9.17) is 16.9 Å². The van der Waals surface area contributed by atoms with Crippen molar-refractivity contribution in [2.75, 3.05) is 26.2 Å². The van der Waals surface area contributed by atoms with Crippen molar-refractivity contribution in [2.24, 2.45) is 0 Å². The summed E-state index contributed by atoms with van der Waals surface area (Å²) in [6, 6.07) is 10.5. The number of rotatable bonds is 4. The maximum Gasteiger partial charge on any atom is 0.416 e. The molecule has 3 rings (SSSR count). The van der Waals surface area contributed by atoms with E-state index in [-0.39, 0.29) is 47.2 Å². The fraction of sp³-hybridized carbons (Fsp3) is 0.238. The zero-order valence-corrected chi connectivity index (χ0v) is 18.1. The lowest BCUT2D eigenvalue weighted by molar-refractivity contribution is -0.137. The molecule has 0 aromatic heterocycles. The molecule has 2 aromatic carbocycles. The SMILES string of the molecule is N#Cc1ccccc1S(=O)(=O)N1CCN(C(=O)/C=C/c2cc(C(F)(F)F)ccc2Cl)CC1. The average Bonchev–Trinajstić information content (AvgIpc) is 2.77. The van der Waals surface area contributed by atoms with E-state index in [1.807, 2.05) is 6.07 Å². The molecular formula is C21H17ClF3N3O3S. The highest BCUT2D eigenvalue weighted by Crippen LogP contribution is 2.32. The Bertz CT molecular complexity index is 1200. The van der Waals surface area contributed by atoms with Gasteiger partial charge < -0.3 is 4.90 Å². The van der Waals surface area contributed by atoms with Crippen LogP contribution in [0.25, 0.3) is 6.08 Å². The van der Waals surface area contributed by atoms with Gasteiger partial charge in [0.25, 0.3) is 0 Å². The van der Waals surface area contributed by atoms with Crippen molar-refractivity contribution in [2.45, 2.75) is 11.1 Å². The van der Waals surface area contributed by atoms with Crippen molar-refractivity contribution >= 4 is 33.6 Å². The molecule has 0 saturated carbocycles. The Kier molecular flexibility index (Phi) is 6.93. The van der Waals surface area contributed by atoms with Crippen molar-refractivity contribution in [3.05, 3.63) is 70.3 Å². The third-order valence-corrected chi connectivity index (χ3v) is 7.21. The summed E-state index contributed by atoms with van der Waals surface area (Å²) in [5.41, 5.74) is -0.804. The third kappa shape index (κ3) is 5.12. The van der Waals surface area contributed by atoms with Gasteiger partial charge in [0.05, 0.1) is 16.0 Å². The summed E-state index contributed by atoms with van der Waals surface area (Å²) in [6.07, 6.45) is -2.23. The van der Waals surface area contributed by atoms with Gasteiger partial charge in [0.15, 0.2) is 0 Å². The number of hydrogen-bond donors (Lipinski definition) is 0. The number of alkyl halides is 3. The van der Waals surface area contributed by atoms with Crippen molar-refractivity contribution in [3.63, 3.8) is 0 Å². The Balaban J connectivity index is 1.68. The number of benzene rings is 2. The van der Waals surface area contributed by atoms with E-state index in [0.717, 1.165) is 24.3 Å². The van der Waals surface area contributed by atoms with Crippen LogP contribution in [0.2, 0.25) is 5.02 Å². The topological polar surface area (TPSA) is 81.5 Å². The second kappa shape index (κ2) is 9.32. The van der Waals surface area contributed by atoms with Gasteiger partial charge in [-0.3, -0.25) is 4.79 Å². The van der Waals surface area contributed by atoms with E-state index in [9.17, 15) is 26.4 Å². The first kappa shape index (κ1) is 23.8. The number of sulfonamides is 1. The Labute approximate surface area is 188 Å². The first-order chi connectivity index (χ1) is 15.0. The highest BCUT2D eigenvalue weighted by atomic mass is 35.5. The Morgan fingerprint density at radius 3 is 2.38 bits per heavy atom. The molecule has 32 heavy (non-hydrogen) atoms. The third-order valence-electron chi connectivity index (χ3n) is 4.90. The number of halogens is 4. The van der Waals surface area contributed by atoms with Gasteiger partial charge in [-0.15, -0.1) is 0 Å². The molecule has 1 heterocycles. The van der Waals surface area contributed by atoms with Gasteiger partial charge in [-0.2, -0.15) is 22.7 Å². The van der Waals surface area contributed by atoms with Crippen LogP contribution in [-0.2, 0) is 21.0 Å². The van der Waals surface area contributed by atoms with Crippen LogP contribution in [0.5, 0.6) is 0 Å². The average molecular weight is 484 g/mol. The van der Waals surface area contributed by atoms with Crippen LogP contribution < -0.4 is 0 Å². The molecule has 0 atom stereocenters. The van der Waals surface area contributed by atoms with Crippen LogP contribution in [0.15, 0.2) is 53.4 Å². The number of carbonyl (C=O) groups is 1. The lowest BCUT2D eigenvalue weighted by Crippen LogP contribution is -2.50. The predicted molar refractivity (Wildman–Crippen MR) is 112 cm³/mol. The van der Waals surface area contributed by atoms with Crippen LogP contribution in [-0.4, -0.2) is 49.7 Å². The summed E-state index contributed by atoms with van der Waals surface area (Å²) in [5.74, 6) is -0.479. The van der Waals surface area contributed by atoms with Gasteiger partial charge in [0.2, 0.25) is 15.9 Å². The van der Waals surface area contributed by atoms with E-state index in [1.54, 1.807) is 6.07 Å². The molecule has 1 saturated heterocycles. The van der Waals surface area contributed by atoms with Gasteiger partial charge in [-0.1, -0.05) is 23.7 Å². The number of carbonyl (C=O) groups excluding carboxylic acids is 1. The van der Waals surface area contributed by atoms with E-state index in [2.05, 4.69) is 0 Å². The molecule has 0 unspecified atom stereocenters. The molecule has 2 aromatic rings. The molecule has 168 valence electrons. The zero-order chi connectivity index (χ0) is 23.5. The molecule has 0 bridgehead atoms. The van der Waals surface area contributed by atoms with Crippen LogP contribution in [0.3, 0.4) is 0 Å². The van der Waals surface area contributed by atoms with Crippen LogP contribution in [0.4, 0.5) is 13.2 Å². The number of amides is 1. The standard InChI is InChI=1S/C21H17ClF3N3O3S/c22-18-7-6-17(21(23,24)25)13-15(18)5-8-20(29)27-9-11-28(12-10-27)32(30,31)19-4-2-1-3-16(19)14-26/h1-8,13H,9-12H2/b8-5+. The summed E-state index contributed by atoms with van der Waals surface area (Å²) in [5, 5.41) is 9.23. The molecule has 1 aliphatic heterocycles. The van der Waals surface area contributed by atoms with Crippen molar-refractivity contribution in [1.29, 1.82) is 5.26 Å². The van der Waals surface area contributed by atoms with E-state index < -0.39 is 27.7 Å². The zero-order valence-electron chi connectivity index (χ0n) is 16.5. The lowest BCUT2D eigenvalue weighted by Gasteiger charge is -2.33. The molecule has 11 heteroatoms. The number of nitriles is 1. The lowest BCUT2D eigenvalue weighted by atomic mass is 10.1. The largest absolute Gasteiger partial charge is 0.416 e. The number of hydrogen-bond acceptors (Lipinski definition) is 4. The maximum absolute atomic E-state index is 12.9. The van der Waals surface area contributed by atoms with Gasteiger partial charge in [-0.05, 0) is 42.0 Å². The second-order valence-electron chi connectivity index (χ2n) is 6.90. The molecule has 0 spiro atoms. The first-order valence-corrected chi connectivity index (χ1v) is 11.2. The highest BCUT2D eigenvalue weighted by molar-refractivity contribution is 7.89. The van der Waals surface area contributed by atoms with E-state index in [1.165, 1.54) is 33.5 Å². The molecule has 1 amide bonds. The van der Waals surface area contributed by atoms with Gasteiger partial charge in [0, 0.05) is 37.3 Å². The number of nitrogens with zero attached hydrogens (tertiary/aromatic N) is 3. The van der Waals surface area contributed by atoms with Crippen LogP contribution in [0.1, 0.15) is 16.7 Å². The first-order valence-electron chi connectivity index (χ1n) is 9.37. The van der Waals surface area contributed by atoms with Crippen LogP contribution in [0, 0.1) is 11.3 Å². The minimum atomic E-state index is -4.54. The fourth-order valence-corrected chi connectivity index (χ4v) is 4.93. The minimum Gasteiger partial charge on any atom is -0.337 e. The van der Waals surface area contributed by atoms with Gasteiger partial charge >= 0.3 is 6.18 Å². The Morgan fingerprint density at radius 2 is 1.75 bits per heavy atom. The molecule has 0 N–H and O–H groups in total. The minimum absolute atomic E-state index is 0.0198. The van der Waals surface area contributed by atoms with Crippen molar-refractivity contribution in [1.82, 2.24) is 9.21 Å². The summed E-state index contributed by atoms with van der Waals surface area (Å²) >= 11 is 5.93. The van der Waals surface area contributed by atoms with Gasteiger partial charge in [-0.25, -0.2) is 8.42 Å². The molecule has 1 fully saturated rings. The monoisotopic (exact) mass is 483 g/mol. The molecular weight excluding hydrogens is 467 g/mol. The summed E-state index contributed by atoms with van der Waals surface area (Å²) < 4.78 is 65.5. The number of piperazine rings is 1. The Morgan fingerprint density at radius 1 is 1.09 bits per heavy atom. The van der Waals surface area contributed by atoms with E-state index in [0.29, 0.717) is 0 Å². The quantitative estimate of drug-likeness (QED) is 0.620. The van der Waals surface area contributed by atoms with Crippen molar-refractivity contribution < 1.29 is 26.4 Å². The van der Waals surface area contributed by atoms with Gasteiger partial charge in [0.1, 0.15) is 6.07 Å². The summed E-state index contributed by atoms with van der Waals surface area (Å²) in [4.78, 5) is 13.7. The smallest absolute Gasteiger partial charge is 0.337 e.